The minimum absolute atomic E-state index is 0.0369. The number of hydrogen-bond donors (Lipinski definition) is 0. The van der Waals surface area contributed by atoms with Gasteiger partial charge in [-0.1, -0.05) is 17.4 Å². The molecule has 0 spiro atoms. The van der Waals surface area contributed by atoms with Crippen LogP contribution < -0.4 is 4.90 Å². The lowest BCUT2D eigenvalue weighted by Gasteiger charge is -2.22. The zero-order valence-corrected chi connectivity index (χ0v) is 15.4. The van der Waals surface area contributed by atoms with Crippen molar-refractivity contribution in [2.24, 2.45) is 7.05 Å². The van der Waals surface area contributed by atoms with Crippen LogP contribution in [0.1, 0.15) is 29.0 Å². The van der Waals surface area contributed by atoms with Crippen molar-refractivity contribution in [2.45, 2.75) is 25.9 Å². The first kappa shape index (κ1) is 17.1. The Kier molecular flexibility index (Phi) is 4.46. The molecular formula is C18H19FN4O2S. The van der Waals surface area contributed by atoms with E-state index in [1.807, 2.05) is 13.0 Å². The number of amides is 1. The van der Waals surface area contributed by atoms with Crippen LogP contribution in [-0.2, 0) is 11.8 Å². The maximum atomic E-state index is 14.1. The highest BCUT2D eigenvalue weighted by Crippen LogP contribution is 2.32. The van der Waals surface area contributed by atoms with Gasteiger partial charge < -0.3 is 4.74 Å². The SMILES string of the molecule is Cc1cc(C(=O)N(CC2CCCO2)c2nc3c(F)cccc3s2)n(C)n1. The van der Waals surface area contributed by atoms with E-state index in [2.05, 4.69) is 10.1 Å². The van der Waals surface area contributed by atoms with E-state index in [9.17, 15) is 9.18 Å². The number of carbonyl (C=O) groups is 1. The van der Waals surface area contributed by atoms with E-state index < -0.39 is 0 Å². The third-order valence-corrected chi connectivity index (χ3v) is 5.51. The summed E-state index contributed by atoms with van der Waals surface area (Å²) in [4.78, 5) is 19.2. The summed E-state index contributed by atoms with van der Waals surface area (Å²) in [6.07, 6.45) is 1.84. The van der Waals surface area contributed by atoms with E-state index in [1.165, 1.54) is 17.4 Å². The molecule has 0 radical (unpaired) electrons. The Morgan fingerprint density at radius 2 is 2.35 bits per heavy atom. The molecule has 26 heavy (non-hydrogen) atoms. The molecule has 1 aliphatic rings. The van der Waals surface area contributed by atoms with Gasteiger partial charge in [0.05, 0.1) is 23.0 Å². The van der Waals surface area contributed by atoms with Crippen LogP contribution in [0.15, 0.2) is 24.3 Å². The second-order valence-corrected chi connectivity index (χ2v) is 7.44. The normalized spacial score (nSPS) is 17.1. The molecule has 1 unspecified atom stereocenters. The average molecular weight is 374 g/mol. The summed E-state index contributed by atoms with van der Waals surface area (Å²) in [5.41, 5.74) is 1.53. The fraction of sp³-hybridized carbons (Fsp3) is 0.389. The molecule has 0 aliphatic carbocycles. The topological polar surface area (TPSA) is 60.3 Å². The summed E-state index contributed by atoms with van der Waals surface area (Å²) in [6, 6.07) is 6.58. The number of carbonyl (C=O) groups excluding carboxylic acids is 1. The van der Waals surface area contributed by atoms with Gasteiger partial charge in [0, 0.05) is 13.7 Å². The molecule has 3 heterocycles. The fourth-order valence-corrected chi connectivity index (χ4v) is 4.20. The van der Waals surface area contributed by atoms with Gasteiger partial charge in [-0.3, -0.25) is 14.4 Å². The van der Waals surface area contributed by atoms with Gasteiger partial charge in [-0.25, -0.2) is 9.37 Å². The molecule has 0 N–H and O–H groups in total. The molecule has 4 rings (SSSR count). The number of aryl methyl sites for hydroxylation is 2. The van der Waals surface area contributed by atoms with Crippen LogP contribution >= 0.6 is 11.3 Å². The number of hydrogen-bond acceptors (Lipinski definition) is 5. The number of fused-ring (bicyclic) bond motifs is 1. The monoisotopic (exact) mass is 374 g/mol. The van der Waals surface area contributed by atoms with E-state index in [4.69, 9.17) is 4.74 Å². The van der Waals surface area contributed by atoms with Gasteiger partial charge >= 0.3 is 0 Å². The van der Waals surface area contributed by atoms with Gasteiger partial charge in [0.1, 0.15) is 17.0 Å². The number of para-hydroxylation sites is 1. The average Bonchev–Trinajstić information content (AvgIpc) is 3.32. The predicted octanol–water partition coefficient (Wildman–Crippen LogP) is 3.30. The lowest BCUT2D eigenvalue weighted by atomic mass is 10.2. The molecule has 0 bridgehead atoms. The number of benzene rings is 1. The van der Waals surface area contributed by atoms with E-state index >= 15 is 0 Å². The van der Waals surface area contributed by atoms with Crippen molar-refractivity contribution in [3.63, 3.8) is 0 Å². The van der Waals surface area contributed by atoms with E-state index in [1.54, 1.807) is 28.8 Å². The number of rotatable bonds is 4. The lowest BCUT2D eigenvalue weighted by molar-refractivity contribution is 0.0909. The first-order valence-corrected chi connectivity index (χ1v) is 9.34. The van der Waals surface area contributed by atoms with Crippen molar-refractivity contribution in [1.29, 1.82) is 0 Å². The van der Waals surface area contributed by atoms with Gasteiger partial charge in [-0.15, -0.1) is 0 Å². The highest BCUT2D eigenvalue weighted by Gasteiger charge is 2.29. The van der Waals surface area contributed by atoms with Gasteiger partial charge in [0.25, 0.3) is 5.91 Å². The van der Waals surface area contributed by atoms with Gasteiger partial charge in [-0.05, 0) is 38.0 Å². The highest BCUT2D eigenvalue weighted by molar-refractivity contribution is 7.22. The van der Waals surface area contributed by atoms with Crippen molar-refractivity contribution < 1.29 is 13.9 Å². The lowest BCUT2D eigenvalue weighted by Crippen LogP contribution is -2.38. The first-order chi connectivity index (χ1) is 12.5. The second-order valence-electron chi connectivity index (χ2n) is 6.43. The predicted molar refractivity (Wildman–Crippen MR) is 98.2 cm³/mol. The first-order valence-electron chi connectivity index (χ1n) is 8.52. The molecule has 3 aromatic rings. The van der Waals surface area contributed by atoms with Crippen molar-refractivity contribution in [1.82, 2.24) is 14.8 Å². The number of halogens is 1. The molecule has 6 nitrogen and oxygen atoms in total. The standard InChI is InChI=1S/C18H19FN4O2S/c1-11-9-14(22(2)21-11)17(24)23(10-12-5-4-8-25-12)18-20-16-13(19)6-3-7-15(16)26-18/h3,6-7,9,12H,4-5,8,10H2,1-2H3. The van der Waals surface area contributed by atoms with Crippen LogP contribution in [-0.4, -0.2) is 39.9 Å². The molecule has 1 aromatic carbocycles. The van der Waals surface area contributed by atoms with Crippen molar-refractivity contribution in [3.8, 4) is 0 Å². The van der Waals surface area contributed by atoms with Crippen LogP contribution in [0, 0.1) is 12.7 Å². The Hall–Kier alpha value is -2.32. The summed E-state index contributed by atoms with van der Waals surface area (Å²) in [5.74, 6) is -0.589. The minimum Gasteiger partial charge on any atom is -0.376 e. The zero-order valence-electron chi connectivity index (χ0n) is 14.6. The maximum Gasteiger partial charge on any atom is 0.278 e. The summed E-state index contributed by atoms with van der Waals surface area (Å²) in [6.45, 7) is 2.94. The third kappa shape index (κ3) is 3.10. The molecule has 1 saturated heterocycles. The molecular weight excluding hydrogens is 355 g/mol. The summed E-state index contributed by atoms with van der Waals surface area (Å²) in [5, 5.41) is 4.73. The molecule has 0 saturated carbocycles. The fourth-order valence-electron chi connectivity index (χ4n) is 3.21. The Labute approximate surface area is 154 Å². The molecule has 1 aliphatic heterocycles. The molecule has 1 amide bonds. The number of ether oxygens (including phenoxy) is 1. The Balaban J connectivity index is 1.75. The largest absolute Gasteiger partial charge is 0.376 e. The van der Waals surface area contributed by atoms with Crippen molar-refractivity contribution in [2.75, 3.05) is 18.1 Å². The minimum atomic E-state index is -0.383. The maximum absolute atomic E-state index is 14.1. The van der Waals surface area contributed by atoms with Crippen LogP contribution in [0.3, 0.4) is 0 Å². The van der Waals surface area contributed by atoms with E-state index in [0.717, 1.165) is 18.5 Å². The zero-order chi connectivity index (χ0) is 18.3. The molecule has 1 fully saturated rings. The Morgan fingerprint density at radius 3 is 3.00 bits per heavy atom. The summed E-state index contributed by atoms with van der Waals surface area (Å²) >= 11 is 1.31. The quantitative estimate of drug-likeness (QED) is 0.703. The molecule has 1 atom stereocenters. The summed E-state index contributed by atoms with van der Waals surface area (Å²) in [7, 11) is 1.74. The van der Waals surface area contributed by atoms with Crippen molar-refractivity contribution in [3.05, 3.63) is 41.5 Å². The number of nitrogens with zero attached hydrogens (tertiary/aromatic N) is 4. The number of aromatic nitrogens is 3. The van der Waals surface area contributed by atoms with E-state index in [0.29, 0.717) is 34.2 Å². The Morgan fingerprint density at radius 1 is 1.50 bits per heavy atom. The number of anilines is 1. The van der Waals surface area contributed by atoms with Gasteiger partial charge in [0.15, 0.2) is 5.13 Å². The number of thiazole rings is 1. The van der Waals surface area contributed by atoms with Gasteiger partial charge in [-0.2, -0.15) is 5.10 Å². The molecule has 8 heteroatoms. The van der Waals surface area contributed by atoms with Crippen LogP contribution in [0.4, 0.5) is 9.52 Å². The van der Waals surface area contributed by atoms with Crippen LogP contribution in [0.5, 0.6) is 0 Å². The molecule has 136 valence electrons. The van der Waals surface area contributed by atoms with Crippen LogP contribution in [0.2, 0.25) is 0 Å². The van der Waals surface area contributed by atoms with Crippen molar-refractivity contribution >= 4 is 32.6 Å². The van der Waals surface area contributed by atoms with E-state index in [-0.39, 0.29) is 17.8 Å². The smallest absolute Gasteiger partial charge is 0.278 e. The second kappa shape index (κ2) is 6.77. The van der Waals surface area contributed by atoms with Gasteiger partial charge in [0.2, 0.25) is 0 Å². The highest BCUT2D eigenvalue weighted by atomic mass is 32.1. The Bertz CT molecular complexity index is 961. The third-order valence-electron chi connectivity index (χ3n) is 4.47. The van der Waals surface area contributed by atoms with Crippen LogP contribution in [0.25, 0.3) is 10.2 Å². The molecule has 2 aromatic heterocycles. The summed E-state index contributed by atoms with van der Waals surface area (Å²) < 4.78 is 22.0.